The van der Waals surface area contributed by atoms with Gasteiger partial charge in [-0.2, -0.15) is 0 Å². The van der Waals surface area contributed by atoms with Crippen LogP contribution in [0.2, 0.25) is 0 Å². The van der Waals surface area contributed by atoms with Crippen LogP contribution in [0.15, 0.2) is 18.2 Å². The quantitative estimate of drug-likeness (QED) is 0.762. The first-order valence-electron chi connectivity index (χ1n) is 7.01. The number of Topliss-reactive ketones (excluding diaryl/α,β-unsaturated/α-hetero) is 1. The topological polar surface area (TPSA) is 40.6 Å². The van der Waals surface area contributed by atoms with Gasteiger partial charge in [0, 0.05) is 19.7 Å². The van der Waals surface area contributed by atoms with Crippen molar-refractivity contribution in [3.8, 4) is 0 Å². The molecule has 1 aromatic rings. The number of nitrogens with zero attached hydrogens (tertiary/aromatic N) is 2. The molecule has 0 atom stereocenters. The van der Waals surface area contributed by atoms with Gasteiger partial charge in [0.15, 0.2) is 5.78 Å². The molecule has 0 aliphatic heterocycles. The van der Waals surface area contributed by atoms with Crippen LogP contribution in [0.1, 0.15) is 27.9 Å². The van der Waals surface area contributed by atoms with Gasteiger partial charge in [0.2, 0.25) is 5.91 Å². The number of ketones is 1. The predicted molar refractivity (Wildman–Crippen MR) is 79.0 cm³/mol. The molecule has 0 saturated carbocycles. The summed E-state index contributed by atoms with van der Waals surface area (Å²) < 4.78 is 0. The van der Waals surface area contributed by atoms with Gasteiger partial charge in [-0.25, -0.2) is 0 Å². The molecule has 0 saturated heterocycles. The minimum atomic E-state index is 0.00857. The Morgan fingerprint density at radius 2 is 1.75 bits per heavy atom. The van der Waals surface area contributed by atoms with Gasteiger partial charge < -0.3 is 4.90 Å². The number of likely N-dealkylation sites (N-methyl/N-ethyl adjacent to an activating group) is 2. The first kappa shape index (κ1) is 14.7. The lowest BCUT2D eigenvalue weighted by atomic mass is 10.0. The summed E-state index contributed by atoms with van der Waals surface area (Å²) in [7, 11) is 5.24. The Bertz CT molecular complexity index is 523. The van der Waals surface area contributed by atoms with Gasteiger partial charge in [-0.3, -0.25) is 14.5 Å². The Balaban J connectivity index is 1.96. The van der Waals surface area contributed by atoms with Crippen LogP contribution in [-0.4, -0.2) is 55.7 Å². The van der Waals surface area contributed by atoms with Crippen LogP contribution in [0.4, 0.5) is 0 Å². The maximum Gasteiger partial charge on any atom is 0.236 e. The van der Waals surface area contributed by atoms with E-state index in [9.17, 15) is 9.59 Å². The van der Waals surface area contributed by atoms with Gasteiger partial charge in [-0.05, 0) is 43.5 Å². The van der Waals surface area contributed by atoms with Crippen LogP contribution in [0.3, 0.4) is 0 Å². The van der Waals surface area contributed by atoms with Gasteiger partial charge >= 0.3 is 0 Å². The molecule has 4 heteroatoms. The standard InChI is InChI=1S/C16H22N2O2/c1-17(2)16(20)11-18(3)10-15(19)14-8-7-12-5-4-6-13(12)9-14/h7-9H,4-6,10-11H2,1-3H3. The Morgan fingerprint density at radius 1 is 1.05 bits per heavy atom. The largest absolute Gasteiger partial charge is 0.348 e. The van der Waals surface area contributed by atoms with E-state index < -0.39 is 0 Å². The number of benzene rings is 1. The lowest BCUT2D eigenvalue weighted by Gasteiger charge is -2.18. The number of hydrogen-bond acceptors (Lipinski definition) is 3. The molecule has 0 heterocycles. The third-order valence-electron chi connectivity index (χ3n) is 3.74. The monoisotopic (exact) mass is 274 g/mol. The molecule has 0 fully saturated rings. The van der Waals surface area contributed by atoms with Crippen molar-refractivity contribution < 1.29 is 9.59 Å². The molecule has 0 aromatic heterocycles. The molecular formula is C16H22N2O2. The van der Waals surface area contributed by atoms with Crippen molar-refractivity contribution in [2.45, 2.75) is 19.3 Å². The summed E-state index contributed by atoms with van der Waals surface area (Å²) in [6.07, 6.45) is 3.39. The number of amides is 1. The van der Waals surface area contributed by atoms with E-state index in [0.717, 1.165) is 18.4 Å². The van der Waals surface area contributed by atoms with Gasteiger partial charge in [0.1, 0.15) is 0 Å². The molecule has 108 valence electrons. The number of rotatable bonds is 5. The summed E-state index contributed by atoms with van der Waals surface area (Å²) in [6.45, 7) is 0.544. The molecule has 0 bridgehead atoms. The molecule has 0 radical (unpaired) electrons. The van der Waals surface area contributed by atoms with Crippen LogP contribution < -0.4 is 0 Å². The fraction of sp³-hybridized carbons (Fsp3) is 0.500. The summed E-state index contributed by atoms with van der Waals surface area (Å²) in [5, 5.41) is 0. The Morgan fingerprint density at radius 3 is 2.45 bits per heavy atom. The molecule has 0 N–H and O–H groups in total. The van der Waals surface area contributed by atoms with E-state index in [1.807, 2.05) is 12.1 Å². The van der Waals surface area contributed by atoms with Crippen molar-refractivity contribution in [2.24, 2.45) is 0 Å². The molecule has 2 rings (SSSR count). The van der Waals surface area contributed by atoms with E-state index in [4.69, 9.17) is 0 Å². The molecule has 0 unspecified atom stereocenters. The van der Waals surface area contributed by atoms with Crippen molar-refractivity contribution in [3.63, 3.8) is 0 Å². The average Bonchev–Trinajstić information content (AvgIpc) is 2.85. The van der Waals surface area contributed by atoms with E-state index in [1.165, 1.54) is 22.4 Å². The summed E-state index contributed by atoms with van der Waals surface area (Å²) in [6, 6.07) is 6.00. The molecule has 1 aliphatic carbocycles. The van der Waals surface area contributed by atoms with E-state index >= 15 is 0 Å². The van der Waals surface area contributed by atoms with E-state index in [1.54, 1.807) is 26.0 Å². The van der Waals surface area contributed by atoms with Crippen LogP contribution in [0, 0.1) is 0 Å². The lowest BCUT2D eigenvalue weighted by Crippen LogP contribution is -2.37. The predicted octanol–water partition coefficient (Wildman–Crippen LogP) is 1.38. The zero-order valence-corrected chi connectivity index (χ0v) is 12.5. The van der Waals surface area contributed by atoms with Crippen molar-refractivity contribution in [3.05, 3.63) is 34.9 Å². The second-order valence-corrected chi connectivity index (χ2v) is 5.72. The number of carbonyl (C=O) groups is 2. The second kappa shape index (κ2) is 6.18. The number of aryl methyl sites for hydroxylation is 2. The third kappa shape index (κ3) is 3.45. The Hall–Kier alpha value is -1.68. The number of hydrogen-bond donors (Lipinski definition) is 0. The Labute approximate surface area is 120 Å². The van der Waals surface area contributed by atoms with Crippen molar-refractivity contribution in [2.75, 3.05) is 34.2 Å². The van der Waals surface area contributed by atoms with Gasteiger partial charge in [0.05, 0.1) is 13.1 Å². The highest BCUT2D eigenvalue weighted by atomic mass is 16.2. The molecular weight excluding hydrogens is 252 g/mol. The molecule has 4 nitrogen and oxygen atoms in total. The smallest absolute Gasteiger partial charge is 0.236 e. The molecule has 0 spiro atoms. The Kier molecular flexibility index (Phi) is 4.55. The SMILES string of the molecule is CN(CC(=O)c1ccc2c(c1)CCC2)CC(=O)N(C)C. The minimum absolute atomic E-state index is 0.00857. The second-order valence-electron chi connectivity index (χ2n) is 5.72. The van der Waals surface area contributed by atoms with Gasteiger partial charge in [0.25, 0.3) is 0 Å². The summed E-state index contributed by atoms with van der Waals surface area (Å²) in [5.41, 5.74) is 3.44. The van der Waals surface area contributed by atoms with Crippen LogP contribution >= 0.6 is 0 Å². The minimum Gasteiger partial charge on any atom is -0.348 e. The zero-order chi connectivity index (χ0) is 14.7. The maximum absolute atomic E-state index is 12.2. The number of carbonyl (C=O) groups excluding carboxylic acids is 2. The van der Waals surface area contributed by atoms with Gasteiger partial charge in [-0.15, -0.1) is 0 Å². The van der Waals surface area contributed by atoms with Crippen LogP contribution in [0.25, 0.3) is 0 Å². The van der Waals surface area contributed by atoms with Crippen molar-refractivity contribution in [1.82, 2.24) is 9.80 Å². The van der Waals surface area contributed by atoms with E-state index in [-0.39, 0.29) is 24.8 Å². The molecule has 1 aliphatic rings. The average molecular weight is 274 g/mol. The fourth-order valence-corrected chi connectivity index (χ4v) is 2.51. The maximum atomic E-state index is 12.2. The first-order chi connectivity index (χ1) is 9.47. The van der Waals surface area contributed by atoms with Crippen molar-refractivity contribution >= 4 is 11.7 Å². The summed E-state index contributed by atoms with van der Waals surface area (Å²) in [4.78, 5) is 27.1. The fourth-order valence-electron chi connectivity index (χ4n) is 2.51. The summed E-state index contributed by atoms with van der Waals surface area (Å²) in [5.74, 6) is 0.0861. The van der Waals surface area contributed by atoms with Gasteiger partial charge in [-0.1, -0.05) is 12.1 Å². The highest BCUT2D eigenvalue weighted by Gasteiger charge is 2.16. The molecule has 20 heavy (non-hydrogen) atoms. The van der Waals surface area contributed by atoms with E-state index in [0.29, 0.717) is 0 Å². The van der Waals surface area contributed by atoms with Crippen LogP contribution in [-0.2, 0) is 17.6 Å². The van der Waals surface area contributed by atoms with Crippen LogP contribution in [0.5, 0.6) is 0 Å². The highest BCUT2D eigenvalue weighted by Crippen LogP contribution is 2.23. The number of fused-ring (bicyclic) bond motifs is 1. The molecule has 1 amide bonds. The van der Waals surface area contributed by atoms with E-state index in [2.05, 4.69) is 6.07 Å². The lowest BCUT2D eigenvalue weighted by molar-refractivity contribution is -0.129. The highest BCUT2D eigenvalue weighted by molar-refractivity contribution is 5.98. The normalized spacial score (nSPS) is 13.4. The summed E-state index contributed by atoms with van der Waals surface area (Å²) >= 11 is 0. The molecule has 1 aromatic carbocycles. The first-order valence-corrected chi connectivity index (χ1v) is 7.01. The van der Waals surface area contributed by atoms with Crippen molar-refractivity contribution in [1.29, 1.82) is 0 Å². The third-order valence-corrected chi connectivity index (χ3v) is 3.74. The zero-order valence-electron chi connectivity index (χ0n) is 12.5.